The van der Waals surface area contributed by atoms with E-state index in [1.165, 1.54) is 5.57 Å². The molecule has 0 rings (SSSR count). The maximum Gasteiger partial charge on any atom is 0.0165 e. The van der Waals surface area contributed by atoms with Gasteiger partial charge in [0.25, 0.3) is 0 Å². The number of nitrogens with zero attached hydrogens (tertiary/aromatic N) is 1. The first-order valence-electron chi connectivity index (χ1n) is 5.96. The monoisotopic (exact) mass is 209 g/mol. The van der Waals surface area contributed by atoms with E-state index in [-0.39, 0.29) is 5.41 Å². The second kappa shape index (κ2) is 6.84. The van der Waals surface area contributed by atoms with Crippen molar-refractivity contribution in [2.75, 3.05) is 19.6 Å². The molecular weight excluding hydrogens is 182 g/mol. The summed E-state index contributed by atoms with van der Waals surface area (Å²) < 4.78 is 0. The normalized spacial score (nSPS) is 13.3. The summed E-state index contributed by atoms with van der Waals surface area (Å²) in [6, 6.07) is 0. The van der Waals surface area contributed by atoms with Crippen molar-refractivity contribution in [3.8, 4) is 0 Å². The van der Waals surface area contributed by atoms with Crippen LogP contribution in [0, 0.1) is 5.41 Å². The van der Waals surface area contributed by atoms with Crippen molar-refractivity contribution in [1.82, 2.24) is 4.90 Å². The maximum absolute atomic E-state index is 3.88. The lowest BCUT2D eigenvalue weighted by Crippen LogP contribution is -2.23. The molecule has 0 atom stereocenters. The average Bonchev–Trinajstić information content (AvgIpc) is 2.19. The average molecular weight is 209 g/mol. The van der Waals surface area contributed by atoms with E-state index in [1.807, 2.05) is 6.08 Å². The van der Waals surface area contributed by atoms with Crippen LogP contribution < -0.4 is 0 Å². The lowest BCUT2D eigenvalue weighted by atomic mass is 9.86. The molecule has 0 amide bonds. The van der Waals surface area contributed by atoms with Crippen LogP contribution in [0.25, 0.3) is 0 Å². The molecule has 15 heavy (non-hydrogen) atoms. The summed E-state index contributed by atoms with van der Waals surface area (Å²) >= 11 is 0. The molecule has 0 radical (unpaired) electrons. The second-order valence-corrected chi connectivity index (χ2v) is 4.91. The first-order chi connectivity index (χ1) is 6.95. The fourth-order valence-electron chi connectivity index (χ4n) is 1.63. The quantitative estimate of drug-likeness (QED) is 0.575. The molecule has 0 aliphatic heterocycles. The van der Waals surface area contributed by atoms with Crippen molar-refractivity contribution in [1.29, 1.82) is 0 Å². The van der Waals surface area contributed by atoms with Crippen molar-refractivity contribution >= 4 is 0 Å². The van der Waals surface area contributed by atoms with Crippen molar-refractivity contribution in [2.45, 2.75) is 41.0 Å². The predicted molar refractivity (Wildman–Crippen MR) is 70.1 cm³/mol. The minimum atomic E-state index is 0.226. The van der Waals surface area contributed by atoms with Gasteiger partial charge in [0.1, 0.15) is 0 Å². The zero-order chi connectivity index (χ0) is 11.9. The zero-order valence-electron chi connectivity index (χ0n) is 11.1. The molecule has 88 valence electrons. The molecule has 0 fully saturated rings. The van der Waals surface area contributed by atoms with Crippen LogP contribution in [-0.4, -0.2) is 24.5 Å². The van der Waals surface area contributed by atoms with Crippen LogP contribution in [-0.2, 0) is 0 Å². The van der Waals surface area contributed by atoms with Crippen LogP contribution in [0.1, 0.15) is 41.0 Å². The minimum absolute atomic E-state index is 0.226. The van der Waals surface area contributed by atoms with Crippen molar-refractivity contribution in [3.63, 3.8) is 0 Å². The summed E-state index contributed by atoms with van der Waals surface area (Å²) in [5, 5.41) is 0. The summed E-state index contributed by atoms with van der Waals surface area (Å²) in [6.45, 7) is 18.3. The SMILES string of the molecule is C=CC(C)(C)C/C(C)=C/CN(CC)CC. The smallest absolute Gasteiger partial charge is 0.0165 e. The maximum atomic E-state index is 3.88. The molecule has 0 saturated carbocycles. The van der Waals surface area contributed by atoms with Crippen LogP contribution in [0.2, 0.25) is 0 Å². The van der Waals surface area contributed by atoms with E-state index in [1.54, 1.807) is 0 Å². The standard InChI is InChI=1S/C14H27N/c1-7-14(5,6)12-13(4)10-11-15(8-2)9-3/h7,10H,1,8-9,11-12H2,2-6H3/b13-10+. The van der Waals surface area contributed by atoms with Crippen LogP contribution in [0.3, 0.4) is 0 Å². The fourth-order valence-corrected chi connectivity index (χ4v) is 1.63. The molecule has 0 heterocycles. The minimum Gasteiger partial charge on any atom is -0.300 e. The zero-order valence-corrected chi connectivity index (χ0v) is 11.1. The van der Waals surface area contributed by atoms with Crippen molar-refractivity contribution in [3.05, 3.63) is 24.3 Å². The Kier molecular flexibility index (Phi) is 6.58. The van der Waals surface area contributed by atoms with Gasteiger partial charge >= 0.3 is 0 Å². The van der Waals surface area contributed by atoms with Gasteiger partial charge in [-0.05, 0) is 31.8 Å². The predicted octanol–water partition coefficient (Wildman–Crippen LogP) is 3.88. The summed E-state index contributed by atoms with van der Waals surface area (Å²) in [5.74, 6) is 0. The largest absolute Gasteiger partial charge is 0.300 e. The van der Waals surface area contributed by atoms with Crippen molar-refractivity contribution < 1.29 is 0 Å². The highest BCUT2D eigenvalue weighted by Crippen LogP contribution is 2.25. The topological polar surface area (TPSA) is 3.24 Å². The van der Waals surface area contributed by atoms with E-state index in [9.17, 15) is 0 Å². The lowest BCUT2D eigenvalue weighted by Gasteiger charge is -2.21. The fraction of sp³-hybridized carbons (Fsp3) is 0.714. The van der Waals surface area contributed by atoms with E-state index in [0.29, 0.717) is 0 Å². The van der Waals surface area contributed by atoms with Gasteiger partial charge in [-0.15, -0.1) is 6.58 Å². The van der Waals surface area contributed by atoms with E-state index in [4.69, 9.17) is 0 Å². The number of allylic oxidation sites excluding steroid dienone is 2. The Labute approximate surface area is 95.9 Å². The van der Waals surface area contributed by atoms with Gasteiger partial charge in [-0.25, -0.2) is 0 Å². The van der Waals surface area contributed by atoms with Gasteiger partial charge in [-0.2, -0.15) is 0 Å². The summed E-state index contributed by atoms with van der Waals surface area (Å²) in [6.07, 6.45) is 5.50. The third kappa shape index (κ3) is 6.51. The highest BCUT2D eigenvalue weighted by atomic mass is 15.1. The van der Waals surface area contributed by atoms with Crippen LogP contribution in [0.5, 0.6) is 0 Å². The molecule has 0 N–H and O–H groups in total. The van der Waals surface area contributed by atoms with E-state index >= 15 is 0 Å². The molecule has 0 aromatic heterocycles. The summed E-state index contributed by atoms with van der Waals surface area (Å²) in [5.41, 5.74) is 1.69. The van der Waals surface area contributed by atoms with E-state index < -0.39 is 0 Å². The number of hydrogen-bond donors (Lipinski definition) is 0. The molecule has 1 nitrogen and oxygen atoms in total. The van der Waals surface area contributed by atoms with Gasteiger partial charge in [0.2, 0.25) is 0 Å². The Morgan fingerprint density at radius 3 is 2.20 bits per heavy atom. The Bertz CT molecular complexity index is 209. The summed E-state index contributed by atoms with van der Waals surface area (Å²) in [4.78, 5) is 2.42. The Morgan fingerprint density at radius 1 is 1.27 bits per heavy atom. The Balaban J connectivity index is 4.14. The first-order valence-corrected chi connectivity index (χ1v) is 5.96. The lowest BCUT2D eigenvalue weighted by molar-refractivity contribution is 0.335. The number of hydrogen-bond acceptors (Lipinski definition) is 1. The van der Waals surface area contributed by atoms with E-state index in [2.05, 4.69) is 52.2 Å². The van der Waals surface area contributed by atoms with Crippen LogP contribution in [0.4, 0.5) is 0 Å². The molecule has 0 aromatic rings. The van der Waals surface area contributed by atoms with E-state index in [0.717, 1.165) is 26.1 Å². The van der Waals surface area contributed by atoms with Gasteiger partial charge in [0.15, 0.2) is 0 Å². The molecule has 0 aromatic carbocycles. The number of likely N-dealkylation sites (N-methyl/N-ethyl adjacent to an activating group) is 1. The molecule has 1 heteroatoms. The van der Waals surface area contributed by atoms with Gasteiger partial charge in [-0.1, -0.05) is 45.4 Å². The Morgan fingerprint density at radius 2 is 1.80 bits per heavy atom. The second-order valence-electron chi connectivity index (χ2n) is 4.91. The van der Waals surface area contributed by atoms with Gasteiger partial charge < -0.3 is 4.90 Å². The van der Waals surface area contributed by atoms with Crippen LogP contribution >= 0.6 is 0 Å². The van der Waals surface area contributed by atoms with Gasteiger partial charge in [0.05, 0.1) is 0 Å². The molecule has 0 spiro atoms. The van der Waals surface area contributed by atoms with Crippen molar-refractivity contribution in [2.24, 2.45) is 5.41 Å². The van der Waals surface area contributed by atoms with Gasteiger partial charge in [0, 0.05) is 6.54 Å². The first kappa shape index (κ1) is 14.4. The molecular formula is C14H27N. The highest BCUT2D eigenvalue weighted by molar-refractivity contribution is 5.06. The molecule has 0 bridgehead atoms. The molecule has 0 aliphatic carbocycles. The number of rotatable bonds is 7. The Hall–Kier alpha value is -0.560. The molecule has 0 unspecified atom stereocenters. The third-order valence-corrected chi connectivity index (χ3v) is 2.88. The third-order valence-electron chi connectivity index (χ3n) is 2.88. The molecule has 0 saturated heterocycles. The highest BCUT2D eigenvalue weighted by Gasteiger charge is 2.12. The van der Waals surface area contributed by atoms with Gasteiger partial charge in [-0.3, -0.25) is 0 Å². The summed E-state index contributed by atoms with van der Waals surface area (Å²) in [7, 11) is 0. The van der Waals surface area contributed by atoms with Crippen LogP contribution in [0.15, 0.2) is 24.3 Å². The molecule has 0 aliphatic rings.